The largest absolute Gasteiger partial charge is 0.462 e. The normalized spacial score (nSPS) is 41.0. The van der Waals surface area contributed by atoms with E-state index in [1.807, 2.05) is 62.4 Å². The minimum absolute atomic E-state index is 0.102. The van der Waals surface area contributed by atoms with Gasteiger partial charge in [-0.3, -0.25) is 4.79 Å². The summed E-state index contributed by atoms with van der Waals surface area (Å²) in [6.07, 6.45) is 11.0. The number of aliphatic hydroxyl groups is 1. The Morgan fingerprint density at radius 3 is 2.38 bits per heavy atom. The molecule has 3 fully saturated rings. The molecular formula is C52H75NO11SSi. The van der Waals surface area contributed by atoms with Gasteiger partial charge < -0.3 is 42.7 Å². The fourth-order valence-electron chi connectivity index (χ4n) is 10.1. The van der Waals surface area contributed by atoms with Crippen molar-refractivity contribution in [2.75, 3.05) is 13.7 Å². The number of nitrogens with zero attached hydrogens (tertiary/aromatic N) is 1. The number of benzene rings is 1. The first-order valence-electron chi connectivity index (χ1n) is 23.9. The Morgan fingerprint density at radius 1 is 0.970 bits per heavy atom. The van der Waals surface area contributed by atoms with Gasteiger partial charge in [-0.05, 0) is 86.2 Å². The summed E-state index contributed by atoms with van der Waals surface area (Å²) in [5.41, 5.74) is 1.20. The van der Waals surface area contributed by atoms with E-state index in [0.717, 1.165) is 11.1 Å². The number of rotatable bonds is 8. The van der Waals surface area contributed by atoms with Gasteiger partial charge in [0.15, 0.2) is 31.4 Å². The van der Waals surface area contributed by atoms with Gasteiger partial charge in [-0.25, -0.2) is 4.21 Å². The van der Waals surface area contributed by atoms with E-state index in [1.165, 1.54) is 0 Å². The summed E-state index contributed by atoms with van der Waals surface area (Å²) in [4.78, 5) is 15.4. The van der Waals surface area contributed by atoms with Crippen molar-refractivity contribution in [1.82, 2.24) is 0 Å². The molecule has 14 heteroatoms. The second kappa shape index (κ2) is 20.2. The maximum Gasteiger partial charge on any atom is 0.316 e. The summed E-state index contributed by atoms with van der Waals surface area (Å²) in [5, 5.41) is 13.1. The molecule has 15 atom stereocenters. The lowest BCUT2D eigenvalue weighted by molar-refractivity contribution is -0.299. The number of ether oxygens (including phenoxy) is 7. The van der Waals surface area contributed by atoms with Gasteiger partial charge >= 0.3 is 5.97 Å². The average molecular weight is 950 g/mol. The molecule has 1 aromatic rings. The fourth-order valence-corrected chi connectivity index (χ4v) is 12.3. The molecule has 1 aliphatic carbocycles. The molecule has 12 nitrogen and oxygen atoms in total. The summed E-state index contributed by atoms with van der Waals surface area (Å²) < 4.78 is 71.1. The standard InChI is InChI=1S/C52H75NO11SSi/c1-31(2)45-34(5)24-25-51(63-45)29-39-27-38(62-51)23-22-33(4)46(61-43-28-42(57-11)44(36(7)59-43)53-65(56)40-20-15-14-16-21-40)32(3)18-17-19-37-30-58-48-47(64-66(12,13)50(8,9)10)35(6)26-41(49(54)60-39)52(37,48)55/h14-22,24-26,31-32,34,36,38-39,41-43,45-48,55H,23,27-30H2,1-13H3/b18-17+,33-22+,37-19+,53-44-/t32-,34-,36-,38+,39-,41-,42-,43-,45+,46-,47+,48+,51+,52+,65?/m0/s1. The lowest BCUT2D eigenvalue weighted by Crippen LogP contribution is -2.60. The van der Waals surface area contributed by atoms with Gasteiger partial charge in [0, 0.05) is 38.2 Å². The van der Waals surface area contributed by atoms with E-state index >= 15 is 0 Å². The Hall–Kier alpha value is -2.89. The van der Waals surface area contributed by atoms with Crippen LogP contribution in [-0.2, 0) is 53.4 Å². The summed E-state index contributed by atoms with van der Waals surface area (Å²) in [7, 11) is -2.38. The highest BCUT2D eigenvalue weighted by Crippen LogP contribution is 2.50. The van der Waals surface area contributed by atoms with Gasteiger partial charge in [0.2, 0.25) is 0 Å². The van der Waals surface area contributed by atoms with Crippen molar-refractivity contribution < 1.29 is 51.7 Å². The molecule has 1 N–H and O–H groups in total. The smallest absolute Gasteiger partial charge is 0.316 e. The first kappa shape index (κ1) is 51.0. The Balaban J connectivity index is 1.25. The van der Waals surface area contributed by atoms with E-state index in [-0.39, 0.29) is 41.6 Å². The number of hydrogen-bond acceptors (Lipinski definition) is 11. The number of allylic oxidation sites excluding steroid dienone is 2. The third-order valence-electron chi connectivity index (χ3n) is 14.9. The molecule has 0 radical (unpaired) electrons. The van der Waals surface area contributed by atoms with E-state index < -0.39 is 85.5 Å². The number of methoxy groups -OCH3 is 1. The van der Waals surface area contributed by atoms with Crippen LogP contribution in [0.5, 0.6) is 0 Å². The lowest BCUT2D eigenvalue weighted by Gasteiger charge is -2.49. The van der Waals surface area contributed by atoms with E-state index in [9.17, 15) is 14.1 Å². The minimum Gasteiger partial charge on any atom is -0.462 e. The molecule has 0 saturated carbocycles. The van der Waals surface area contributed by atoms with Gasteiger partial charge in [-0.15, -0.1) is 0 Å². The van der Waals surface area contributed by atoms with Crippen LogP contribution in [0.25, 0.3) is 0 Å². The molecule has 2 bridgehead atoms. The van der Waals surface area contributed by atoms with E-state index in [0.29, 0.717) is 41.9 Å². The second-order valence-electron chi connectivity index (χ2n) is 21.3. The van der Waals surface area contributed by atoms with E-state index in [2.05, 4.69) is 85.0 Å². The van der Waals surface area contributed by atoms with Crippen LogP contribution in [0.1, 0.15) is 94.9 Å². The maximum atomic E-state index is 14.8. The van der Waals surface area contributed by atoms with Crippen molar-refractivity contribution in [3.05, 3.63) is 89.6 Å². The number of esters is 1. The van der Waals surface area contributed by atoms with Crippen LogP contribution in [0.15, 0.2) is 98.9 Å². The Kier molecular flexibility index (Phi) is 15.6. The molecule has 5 aliphatic heterocycles. The predicted octanol–water partition coefficient (Wildman–Crippen LogP) is 9.28. The molecule has 7 rings (SSSR count). The molecule has 66 heavy (non-hydrogen) atoms. The van der Waals surface area contributed by atoms with Crippen LogP contribution in [-0.4, -0.2) is 110 Å². The number of carbonyl (C=O) groups excluding carboxylic acids is 1. The number of fused-ring (bicyclic) bond motifs is 2. The maximum absolute atomic E-state index is 14.8. The predicted molar refractivity (Wildman–Crippen MR) is 258 cm³/mol. The lowest BCUT2D eigenvalue weighted by atomic mass is 9.71. The molecule has 5 heterocycles. The average Bonchev–Trinajstić information content (AvgIpc) is 3.59. The first-order chi connectivity index (χ1) is 31.1. The van der Waals surface area contributed by atoms with Crippen molar-refractivity contribution in [1.29, 1.82) is 0 Å². The molecular weight excluding hydrogens is 875 g/mol. The van der Waals surface area contributed by atoms with E-state index in [4.69, 9.17) is 37.6 Å². The molecule has 364 valence electrons. The van der Waals surface area contributed by atoms with Crippen LogP contribution >= 0.6 is 0 Å². The van der Waals surface area contributed by atoms with Crippen molar-refractivity contribution in [3.8, 4) is 0 Å². The van der Waals surface area contributed by atoms with Crippen molar-refractivity contribution >= 4 is 31.0 Å². The Bertz CT molecular complexity index is 2130. The Labute approximate surface area is 397 Å². The molecule has 1 unspecified atom stereocenters. The van der Waals surface area contributed by atoms with Gasteiger partial charge in [0.1, 0.15) is 29.8 Å². The third-order valence-corrected chi connectivity index (χ3v) is 20.4. The zero-order chi connectivity index (χ0) is 47.9. The fraction of sp³-hybridized carbons (Fsp3) is 0.654. The molecule has 1 spiro atoms. The zero-order valence-electron chi connectivity index (χ0n) is 41.4. The van der Waals surface area contributed by atoms with E-state index in [1.54, 1.807) is 19.2 Å². The molecule has 3 saturated heterocycles. The summed E-state index contributed by atoms with van der Waals surface area (Å²) >= 11 is 0. The summed E-state index contributed by atoms with van der Waals surface area (Å²) in [5.74, 6) is -2.47. The topological polar surface area (TPSA) is 141 Å². The molecule has 6 aliphatic rings. The minimum atomic E-state index is -2.37. The first-order valence-corrected chi connectivity index (χ1v) is 28.0. The zero-order valence-corrected chi connectivity index (χ0v) is 43.2. The molecule has 0 amide bonds. The van der Waals surface area contributed by atoms with Crippen LogP contribution in [0.2, 0.25) is 18.1 Å². The third kappa shape index (κ3) is 10.6. The summed E-state index contributed by atoms with van der Waals surface area (Å²) in [6.45, 7) is 25.5. The number of carbonyl (C=O) groups is 1. The highest BCUT2D eigenvalue weighted by Gasteiger charge is 2.61. The van der Waals surface area contributed by atoms with Crippen LogP contribution in [0.4, 0.5) is 0 Å². The quantitative estimate of drug-likeness (QED) is 0.152. The van der Waals surface area contributed by atoms with Crippen LogP contribution in [0.3, 0.4) is 0 Å². The SMILES string of the molecule is CO[C@H]1C[C@H](O[C@@H]2/C(C)=C/C[C@@H]3C[C@@H](C[C@]4(C=C[C@H](C)[C@@H](C(C)C)O4)O3)OC(=O)[C@@H]3C=C(C)[C@@H](O[Si](C)(C)C(C)(C)C)[C@H]4OC/C(=C\C=C\[C@@H]2C)[C@]43O)O[C@@H](C)/C1=N/S(=O)c1ccccc1. The highest BCUT2D eigenvalue weighted by atomic mass is 32.2. The molecule has 1 aromatic carbocycles. The summed E-state index contributed by atoms with van der Waals surface area (Å²) in [6, 6.07) is 9.13. The Morgan fingerprint density at radius 2 is 1.70 bits per heavy atom. The van der Waals surface area contributed by atoms with Crippen molar-refractivity contribution in [2.24, 2.45) is 28.1 Å². The van der Waals surface area contributed by atoms with Gasteiger partial charge in [0.05, 0.1) is 47.7 Å². The van der Waals surface area contributed by atoms with Crippen LogP contribution in [0, 0.1) is 23.7 Å². The van der Waals surface area contributed by atoms with Crippen molar-refractivity contribution in [2.45, 2.75) is 184 Å². The van der Waals surface area contributed by atoms with Crippen molar-refractivity contribution in [3.63, 3.8) is 0 Å². The van der Waals surface area contributed by atoms with Gasteiger partial charge in [-0.1, -0.05) is 103 Å². The molecule has 0 aromatic heterocycles. The number of hydrogen-bond donors (Lipinski definition) is 1. The monoisotopic (exact) mass is 949 g/mol. The highest BCUT2D eigenvalue weighted by molar-refractivity contribution is 7.83. The second-order valence-corrected chi connectivity index (χ2v) is 27.2. The van der Waals surface area contributed by atoms with Gasteiger partial charge in [-0.2, -0.15) is 4.40 Å². The van der Waals surface area contributed by atoms with Gasteiger partial charge in [0.25, 0.3) is 0 Å². The van der Waals surface area contributed by atoms with Crippen LogP contribution < -0.4 is 0 Å².